The molecule has 2 N–H and O–H groups in total. The fraction of sp³-hybridized carbons (Fsp3) is 0.381. The number of carbonyl (C=O) groups excluding carboxylic acids is 3. The summed E-state index contributed by atoms with van der Waals surface area (Å²) in [5, 5.41) is 2.70. The van der Waals surface area contributed by atoms with Crippen LogP contribution in [0.2, 0.25) is 0 Å². The molecule has 0 spiro atoms. The Morgan fingerprint density at radius 3 is 2.18 bits per heavy atom. The maximum Gasteiger partial charge on any atom is 0.355 e. The van der Waals surface area contributed by atoms with Crippen molar-refractivity contribution in [3.8, 4) is 0 Å². The number of Topliss-reactive ketones (excluding diaryl/α,β-unsaturated/α-hetero) is 1. The van der Waals surface area contributed by atoms with Crippen molar-refractivity contribution in [2.75, 3.05) is 29.9 Å². The zero-order chi connectivity index (χ0) is 20.8. The van der Waals surface area contributed by atoms with Crippen LogP contribution in [0.5, 0.6) is 0 Å². The van der Waals surface area contributed by atoms with Crippen LogP contribution in [0.25, 0.3) is 0 Å². The Bertz CT molecular complexity index is 865. The number of carbonyl (C=O) groups is 3. The highest BCUT2D eigenvalue weighted by Crippen LogP contribution is 2.20. The van der Waals surface area contributed by atoms with E-state index >= 15 is 0 Å². The highest BCUT2D eigenvalue weighted by atomic mass is 16.5. The van der Waals surface area contributed by atoms with Gasteiger partial charge in [0.25, 0.3) is 5.91 Å². The van der Waals surface area contributed by atoms with E-state index < -0.39 is 18.5 Å². The van der Waals surface area contributed by atoms with E-state index in [0.29, 0.717) is 22.5 Å². The van der Waals surface area contributed by atoms with Gasteiger partial charge in [-0.2, -0.15) is 0 Å². The third kappa shape index (κ3) is 4.79. The minimum Gasteiger partial charge on any atom is -0.451 e. The molecule has 1 aromatic heterocycles. The summed E-state index contributed by atoms with van der Waals surface area (Å²) < 4.78 is 5.09. The number of hydrogen-bond donors (Lipinski definition) is 2. The van der Waals surface area contributed by atoms with Gasteiger partial charge >= 0.3 is 5.97 Å². The summed E-state index contributed by atoms with van der Waals surface area (Å²) in [6, 6.07) is 7.49. The quantitative estimate of drug-likeness (QED) is 0.536. The Balaban J connectivity index is 1.95. The highest BCUT2D eigenvalue weighted by Gasteiger charge is 2.21. The number of aromatic amines is 1. The van der Waals surface area contributed by atoms with Gasteiger partial charge in [0, 0.05) is 35.7 Å². The monoisotopic (exact) mass is 385 g/mol. The first-order valence-corrected chi connectivity index (χ1v) is 9.30. The Morgan fingerprint density at radius 2 is 1.68 bits per heavy atom. The van der Waals surface area contributed by atoms with E-state index in [1.54, 1.807) is 13.8 Å². The number of anilines is 2. The lowest BCUT2D eigenvalue weighted by atomic mass is 10.1. The second kappa shape index (κ2) is 9.21. The SMILES string of the molecule is CCN(CC)c1ccc(NC(=O)COC(=O)c2[nH]c(C)c(C(C)=O)c2C)cc1. The molecule has 0 unspecified atom stereocenters. The molecule has 28 heavy (non-hydrogen) atoms. The molecule has 0 saturated heterocycles. The first-order valence-electron chi connectivity index (χ1n) is 9.30. The number of ketones is 1. The lowest BCUT2D eigenvalue weighted by Crippen LogP contribution is -2.22. The topological polar surface area (TPSA) is 91.5 Å². The van der Waals surface area contributed by atoms with E-state index in [-0.39, 0.29) is 11.5 Å². The number of hydrogen-bond acceptors (Lipinski definition) is 5. The summed E-state index contributed by atoms with van der Waals surface area (Å²) >= 11 is 0. The number of esters is 1. The number of benzene rings is 1. The van der Waals surface area contributed by atoms with Crippen LogP contribution in [0, 0.1) is 13.8 Å². The molecule has 150 valence electrons. The van der Waals surface area contributed by atoms with Crippen LogP contribution in [-0.4, -0.2) is 42.3 Å². The molecule has 7 nitrogen and oxygen atoms in total. The summed E-state index contributed by atoms with van der Waals surface area (Å²) in [4.78, 5) is 41.0. The molecular weight excluding hydrogens is 358 g/mol. The second-order valence-corrected chi connectivity index (χ2v) is 6.52. The van der Waals surface area contributed by atoms with Crippen LogP contribution >= 0.6 is 0 Å². The molecule has 1 heterocycles. The maximum atomic E-state index is 12.2. The molecule has 1 aromatic carbocycles. The van der Waals surface area contributed by atoms with Crippen LogP contribution in [0.3, 0.4) is 0 Å². The molecular formula is C21H27N3O4. The average Bonchev–Trinajstić information content (AvgIpc) is 2.96. The Hall–Kier alpha value is -3.09. The Morgan fingerprint density at radius 1 is 1.07 bits per heavy atom. The van der Waals surface area contributed by atoms with Gasteiger partial charge in [-0.15, -0.1) is 0 Å². The molecule has 0 aliphatic carbocycles. The fourth-order valence-electron chi connectivity index (χ4n) is 3.23. The van der Waals surface area contributed by atoms with Gasteiger partial charge in [0.1, 0.15) is 5.69 Å². The van der Waals surface area contributed by atoms with Crippen LogP contribution in [0.15, 0.2) is 24.3 Å². The largest absolute Gasteiger partial charge is 0.451 e. The van der Waals surface area contributed by atoms with Crippen LogP contribution in [0.4, 0.5) is 11.4 Å². The lowest BCUT2D eigenvalue weighted by Gasteiger charge is -2.21. The van der Waals surface area contributed by atoms with Gasteiger partial charge in [0.05, 0.1) is 0 Å². The van der Waals surface area contributed by atoms with E-state index in [9.17, 15) is 14.4 Å². The molecule has 2 rings (SSSR count). The van der Waals surface area contributed by atoms with Crippen molar-refractivity contribution in [1.29, 1.82) is 0 Å². The fourth-order valence-corrected chi connectivity index (χ4v) is 3.23. The van der Waals surface area contributed by atoms with Crippen molar-refractivity contribution in [3.63, 3.8) is 0 Å². The summed E-state index contributed by atoms with van der Waals surface area (Å²) in [5.41, 5.74) is 3.51. The van der Waals surface area contributed by atoms with Crippen LogP contribution in [-0.2, 0) is 9.53 Å². The predicted molar refractivity (Wildman–Crippen MR) is 109 cm³/mol. The van der Waals surface area contributed by atoms with Gasteiger partial charge in [0.2, 0.25) is 0 Å². The van der Waals surface area contributed by atoms with E-state index in [0.717, 1.165) is 18.8 Å². The zero-order valence-corrected chi connectivity index (χ0v) is 17.0. The minimum absolute atomic E-state index is 0.129. The number of nitrogens with zero attached hydrogens (tertiary/aromatic N) is 1. The van der Waals surface area contributed by atoms with Crippen molar-refractivity contribution in [2.24, 2.45) is 0 Å². The number of amides is 1. The number of H-pyrrole nitrogens is 1. The molecule has 2 aromatic rings. The molecule has 0 atom stereocenters. The van der Waals surface area contributed by atoms with Crippen LogP contribution < -0.4 is 10.2 Å². The van der Waals surface area contributed by atoms with E-state index in [4.69, 9.17) is 4.74 Å². The van der Waals surface area contributed by atoms with Crippen molar-refractivity contribution in [3.05, 3.63) is 46.8 Å². The third-order valence-electron chi connectivity index (χ3n) is 4.61. The van der Waals surface area contributed by atoms with Crippen molar-refractivity contribution < 1.29 is 19.1 Å². The molecule has 1 amide bonds. The normalized spacial score (nSPS) is 10.5. The maximum absolute atomic E-state index is 12.2. The smallest absolute Gasteiger partial charge is 0.355 e. The second-order valence-electron chi connectivity index (χ2n) is 6.52. The summed E-state index contributed by atoms with van der Waals surface area (Å²) in [6.07, 6.45) is 0. The van der Waals surface area contributed by atoms with Gasteiger partial charge in [-0.3, -0.25) is 9.59 Å². The summed E-state index contributed by atoms with van der Waals surface area (Å²) in [5.74, 6) is -1.23. The molecule has 0 saturated carbocycles. The minimum atomic E-state index is -0.667. The van der Waals surface area contributed by atoms with Gasteiger partial charge < -0.3 is 19.9 Å². The number of aromatic nitrogens is 1. The zero-order valence-electron chi connectivity index (χ0n) is 17.0. The molecule has 0 bridgehead atoms. The van der Waals surface area contributed by atoms with Gasteiger partial charge in [-0.1, -0.05) is 0 Å². The molecule has 0 aliphatic heterocycles. The van der Waals surface area contributed by atoms with Gasteiger partial charge in [-0.25, -0.2) is 4.79 Å². The van der Waals surface area contributed by atoms with Crippen molar-refractivity contribution in [2.45, 2.75) is 34.6 Å². The molecule has 0 radical (unpaired) electrons. The molecule has 7 heteroatoms. The summed E-state index contributed by atoms with van der Waals surface area (Å²) in [6.45, 7) is 10.4. The van der Waals surface area contributed by atoms with Crippen molar-refractivity contribution >= 4 is 29.0 Å². The number of nitrogens with one attached hydrogen (secondary N) is 2. The average molecular weight is 385 g/mol. The number of aryl methyl sites for hydroxylation is 1. The number of ether oxygens (including phenoxy) is 1. The standard InChI is InChI=1S/C21H27N3O4/c1-6-24(7-2)17-10-8-16(9-11-17)23-18(26)12-28-21(27)20-13(3)19(15(5)25)14(4)22-20/h8-11,22H,6-7,12H2,1-5H3,(H,23,26). The molecule has 0 aliphatic rings. The van der Waals surface area contributed by atoms with Crippen LogP contribution in [0.1, 0.15) is 52.9 Å². The van der Waals surface area contributed by atoms with Gasteiger partial charge in [0.15, 0.2) is 12.4 Å². The van der Waals surface area contributed by atoms with Gasteiger partial charge in [-0.05, 0) is 64.4 Å². The highest BCUT2D eigenvalue weighted by molar-refractivity contribution is 6.01. The first kappa shape index (κ1) is 21.2. The van der Waals surface area contributed by atoms with E-state index in [1.165, 1.54) is 6.92 Å². The predicted octanol–water partition coefficient (Wildman–Crippen LogP) is 3.48. The summed E-state index contributed by atoms with van der Waals surface area (Å²) in [7, 11) is 0. The lowest BCUT2D eigenvalue weighted by molar-refractivity contribution is -0.119. The van der Waals surface area contributed by atoms with Crippen molar-refractivity contribution in [1.82, 2.24) is 4.98 Å². The van der Waals surface area contributed by atoms with E-state index in [1.807, 2.05) is 24.3 Å². The molecule has 0 fully saturated rings. The van der Waals surface area contributed by atoms with E-state index in [2.05, 4.69) is 29.0 Å². The number of rotatable bonds is 8. The third-order valence-corrected chi connectivity index (χ3v) is 4.61. The Labute approximate surface area is 165 Å². The Kier molecular flexibility index (Phi) is 6.98. The first-order chi connectivity index (χ1) is 13.3.